The van der Waals surface area contributed by atoms with E-state index in [1.807, 2.05) is 30.3 Å². The summed E-state index contributed by atoms with van der Waals surface area (Å²) < 4.78 is 0. The fourth-order valence-corrected chi connectivity index (χ4v) is 1.34. The molecule has 0 saturated carbocycles. The SMILES string of the molecule is NCCCCCNC(=O)Nc1ccccc1. The first-order valence-electron chi connectivity index (χ1n) is 5.63. The molecule has 4 nitrogen and oxygen atoms in total. The summed E-state index contributed by atoms with van der Waals surface area (Å²) in [6, 6.07) is 9.24. The highest BCUT2D eigenvalue weighted by Gasteiger charge is 1.99. The molecule has 4 N–H and O–H groups in total. The summed E-state index contributed by atoms with van der Waals surface area (Å²) in [5, 5.41) is 5.56. The van der Waals surface area contributed by atoms with Crippen LogP contribution in [0, 0.1) is 0 Å². The van der Waals surface area contributed by atoms with Crippen molar-refractivity contribution in [3.8, 4) is 0 Å². The van der Waals surface area contributed by atoms with E-state index in [2.05, 4.69) is 10.6 Å². The molecule has 0 unspecified atom stereocenters. The van der Waals surface area contributed by atoms with Gasteiger partial charge in [-0.05, 0) is 31.5 Å². The molecule has 4 heteroatoms. The number of anilines is 1. The van der Waals surface area contributed by atoms with Crippen LogP contribution in [0.5, 0.6) is 0 Å². The molecule has 88 valence electrons. The van der Waals surface area contributed by atoms with E-state index in [1.54, 1.807) is 0 Å². The van der Waals surface area contributed by atoms with Crippen molar-refractivity contribution in [3.05, 3.63) is 30.3 Å². The topological polar surface area (TPSA) is 67.1 Å². The second-order valence-corrected chi connectivity index (χ2v) is 3.60. The summed E-state index contributed by atoms with van der Waals surface area (Å²) in [6.45, 7) is 1.41. The average molecular weight is 221 g/mol. The van der Waals surface area contributed by atoms with Crippen LogP contribution in [0.3, 0.4) is 0 Å². The Balaban J connectivity index is 2.12. The molecule has 0 aliphatic rings. The second kappa shape index (κ2) is 7.70. The third-order valence-electron chi connectivity index (χ3n) is 2.20. The maximum atomic E-state index is 11.4. The minimum Gasteiger partial charge on any atom is -0.338 e. The first-order valence-corrected chi connectivity index (χ1v) is 5.63. The van der Waals surface area contributed by atoms with Crippen molar-refractivity contribution in [2.24, 2.45) is 5.73 Å². The maximum Gasteiger partial charge on any atom is 0.319 e. The van der Waals surface area contributed by atoms with Gasteiger partial charge in [0, 0.05) is 12.2 Å². The number of unbranched alkanes of at least 4 members (excludes halogenated alkanes) is 2. The van der Waals surface area contributed by atoms with Gasteiger partial charge in [-0.15, -0.1) is 0 Å². The molecule has 0 spiro atoms. The number of carbonyl (C=O) groups is 1. The van der Waals surface area contributed by atoms with Crippen molar-refractivity contribution >= 4 is 11.7 Å². The minimum absolute atomic E-state index is 0.154. The van der Waals surface area contributed by atoms with E-state index in [4.69, 9.17) is 5.73 Å². The third kappa shape index (κ3) is 5.36. The van der Waals surface area contributed by atoms with Gasteiger partial charge in [0.2, 0.25) is 0 Å². The summed E-state index contributed by atoms with van der Waals surface area (Å²) in [4.78, 5) is 11.4. The van der Waals surface area contributed by atoms with E-state index in [0.29, 0.717) is 6.54 Å². The van der Waals surface area contributed by atoms with Crippen molar-refractivity contribution < 1.29 is 4.79 Å². The van der Waals surface area contributed by atoms with Gasteiger partial charge in [-0.3, -0.25) is 0 Å². The molecule has 1 aromatic carbocycles. The molecule has 0 aliphatic carbocycles. The number of rotatable bonds is 6. The molecule has 0 aliphatic heterocycles. The molecule has 16 heavy (non-hydrogen) atoms. The molecule has 0 heterocycles. The number of hydrogen-bond acceptors (Lipinski definition) is 2. The lowest BCUT2D eigenvalue weighted by atomic mass is 10.2. The summed E-state index contributed by atoms with van der Waals surface area (Å²) in [7, 11) is 0. The Bertz CT molecular complexity index is 300. The van der Waals surface area contributed by atoms with Crippen LogP contribution in [-0.2, 0) is 0 Å². The Morgan fingerprint density at radius 2 is 1.88 bits per heavy atom. The first kappa shape index (κ1) is 12.5. The van der Waals surface area contributed by atoms with Crippen molar-refractivity contribution in [1.82, 2.24) is 5.32 Å². The largest absolute Gasteiger partial charge is 0.338 e. The Morgan fingerprint density at radius 1 is 1.12 bits per heavy atom. The molecular formula is C12H19N3O. The molecule has 0 aromatic heterocycles. The van der Waals surface area contributed by atoms with Gasteiger partial charge in [0.25, 0.3) is 0 Å². The van der Waals surface area contributed by atoms with Gasteiger partial charge in [-0.1, -0.05) is 24.6 Å². The second-order valence-electron chi connectivity index (χ2n) is 3.60. The van der Waals surface area contributed by atoms with E-state index < -0.39 is 0 Å². The lowest BCUT2D eigenvalue weighted by molar-refractivity contribution is 0.252. The summed E-state index contributed by atoms with van der Waals surface area (Å²) in [5.74, 6) is 0. The van der Waals surface area contributed by atoms with Crippen molar-refractivity contribution in [2.45, 2.75) is 19.3 Å². The van der Waals surface area contributed by atoms with E-state index in [0.717, 1.165) is 31.5 Å². The number of carbonyl (C=O) groups excluding carboxylic acids is 1. The van der Waals surface area contributed by atoms with E-state index >= 15 is 0 Å². The lowest BCUT2D eigenvalue weighted by Crippen LogP contribution is -2.29. The first-order chi connectivity index (χ1) is 7.83. The zero-order chi connectivity index (χ0) is 11.6. The smallest absolute Gasteiger partial charge is 0.319 e. The van der Waals surface area contributed by atoms with Crippen LogP contribution < -0.4 is 16.4 Å². The lowest BCUT2D eigenvalue weighted by Gasteiger charge is -2.06. The molecular weight excluding hydrogens is 202 g/mol. The van der Waals surface area contributed by atoms with E-state index in [-0.39, 0.29) is 6.03 Å². The van der Waals surface area contributed by atoms with Gasteiger partial charge in [0.15, 0.2) is 0 Å². The molecule has 0 atom stereocenters. The van der Waals surface area contributed by atoms with Crippen molar-refractivity contribution in [1.29, 1.82) is 0 Å². The minimum atomic E-state index is -0.154. The quantitative estimate of drug-likeness (QED) is 0.643. The van der Waals surface area contributed by atoms with Gasteiger partial charge < -0.3 is 16.4 Å². The van der Waals surface area contributed by atoms with Crippen LogP contribution in [0.25, 0.3) is 0 Å². The summed E-state index contributed by atoms with van der Waals surface area (Å²) in [5.41, 5.74) is 6.18. The number of nitrogens with two attached hydrogens (primary N) is 1. The molecule has 1 rings (SSSR count). The fraction of sp³-hybridized carbons (Fsp3) is 0.417. The molecule has 0 radical (unpaired) electrons. The molecule has 0 fully saturated rings. The number of nitrogens with one attached hydrogen (secondary N) is 2. The van der Waals surface area contributed by atoms with Crippen molar-refractivity contribution in [3.63, 3.8) is 0 Å². The van der Waals surface area contributed by atoms with Gasteiger partial charge in [-0.25, -0.2) is 4.79 Å². The van der Waals surface area contributed by atoms with Crippen LogP contribution in [-0.4, -0.2) is 19.1 Å². The van der Waals surface area contributed by atoms with Crippen molar-refractivity contribution in [2.75, 3.05) is 18.4 Å². The van der Waals surface area contributed by atoms with E-state index in [9.17, 15) is 4.79 Å². The highest BCUT2D eigenvalue weighted by molar-refractivity contribution is 5.89. The molecule has 0 bridgehead atoms. The maximum absolute atomic E-state index is 11.4. The Hall–Kier alpha value is -1.55. The van der Waals surface area contributed by atoms with Gasteiger partial charge in [-0.2, -0.15) is 0 Å². The number of para-hydroxylation sites is 1. The van der Waals surface area contributed by atoms with E-state index in [1.165, 1.54) is 0 Å². The number of urea groups is 1. The van der Waals surface area contributed by atoms with Gasteiger partial charge in [0.05, 0.1) is 0 Å². The number of hydrogen-bond donors (Lipinski definition) is 3. The average Bonchev–Trinajstić information content (AvgIpc) is 2.30. The van der Waals surface area contributed by atoms with Crippen LogP contribution in [0.4, 0.5) is 10.5 Å². The summed E-state index contributed by atoms with van der Waals surface area (Å²) in [6.07, 6.45) is 3.05. The normalized spacial score (nSPS) is 9.81. The highest BCUT2D eigenvalue weighted by atomic mass is 16.2. The Morgan fingerprint density at radius 3 is 2.56 bits per heavy atom. The Kier molecular flexibility index (Phi) is 6.03. The number of benzene rings is 1. The zero-order valence-corrected chi connectivity index (χ0v) is 9.41. The predicted octanol–water partition coefficient (Wildman–Crippen LogP) is 1.94. The third-order valence-corrected chi connectivity index (χ3v) is 2.20. The van der Waals surface area contributed by atoms with Crippen LogP contribution in [0.2, 0.25) is 0 Å². The van der Waals surface area contributed by atoms with Crippen LogP contribution in [0.1, 0.15) is 19.3 Å². The molecule has 2 amide bonds. The predicted molar refractivity (Wildman–Crippen MR) is 66.4 cm³/mol. The van der Waals surface area contributed by atoms with Gasteiger partial charge >= 0.3 is 6.03 Å². The fourth-order valence-electron chi connectivity index (χ4n) is 1.34. The zero-order valence-electron chi connectivity index (χ0n) is 9.41. The molecule has 1 aromatic rings. The molecule has 0 saturated heterocycles. The van der Waals surface area contributed by atoms with Crippen LogP contribution in [0.15, 0.2) is 30.3 Å². The van der Waals surface area contributed by atoms with Crippen LogP contribution >= 0.6 is 0 Å². The standard InChI is InChI=1S/C12H19N3O/c13-9-5-2-6-10-14-12(16)15-11-7-3-1-4-8-11/h1,3-4,7-8H,2,5-6,9-10,13H2,(H2,14,15,16). The highest BCUT2D eigenvalue weighted by Crippen LogP contribution is 2.04. The number of amides is 2. The Labute approximate surface area is 96.2 Å². The van der Waals surface area contributed by atoms with Gasteiger partial charge in [0.1, 0.15) is 0 Å². The monoisotopic (exact) mass is 221 g/mol. The summed E-state index contributed by atoms with van der Waals surface area (Å²) >= 11 is 0.